The van der Waals surface area contributed by atoms with Gasteiger partial charge in [-0.25, -0.2) is 9.48 Å². The molecule has 0 amide bonds. The van der Waals surface area contributed by atoms with Crippen LogP contribution in [0, 0.1) is 11.3 Å². The maximum atomic E-state index is 11.0. The molecule has 6 heteroatoms. The summed E-state index contributed by atoms with van der Waals surface area (Å²) >= 11 is 1.27. The standard InChI is InChI=1S/C16H13N3O2S/c1-9(2)10-3-11-5-14(22-15(11)12(4-10)6-17)19-8-13(7-18-19)16(20)21/h3-5,7-9H,1-2H3,(H,20,21)/i5D. The van der Waals surface area contributed by atoms with Crippen LogP contribution >= 0.6 is 11.3 Å². The largest absolute Gasteiger partial charge is 0.478 e. The zero-order valence-electron chi connectivity index (χ0n) is 13.0. The van der Waals surface area contributed by atoms with Crippen LogP contribution in [0.15, 0.2) is 30.6 Å². The summed E-state index contributed by atoms with van der Waals surface area (Å²) < 4.78 is 10.5. The molecule has 0 aliphatic carbocycles. The summed E-state index contributed by atoms with van der Waals surface area (Å²) in [7, 11) is 0. The van der Waals surface area contributed by atoms with Gasteiger partial charge < -0.3 is 5.11 Å². The SMILES string of the molecule is [2H]c1c(-n2cc(C(=O)O)cn2)sc2c(C#N)cc(C(C)C)cc12. The predicted octanol–water partition coefficient (Wildman–Crippen LogP) is 3.78. The van der Waals surface area contributed by atoms with Gasteiger partial charge in [0.2, 0.25) is 0 Å². The third kappa shape index (κ3) is 2.36. The van der Waals surface area contributed by atoms with Crippen molar-refractivity contribution in [2.24, 2.45) is 0 Å². The molecule has 3 aromatic rings. The van der Waals surface area contributed by atoms with Gasteiger partial charge in [-0.1, -0.05) is 13.8 Å². The van der Waals surface area contributed by atoms with Crippen molar-refractivity contribution in [3.8, 4) is 11.1 Å². The first-order valence-corrected chi connectivity index (χ1v) is 7.49. The van der Waals surface area contributed by atoms with E-state index in [2.05, 4.69) is 11.2 Å². The number of carboxylic acids is 1. The van der Waals surface area contributed by atoms with Gasteiger partial charge in [0.15, 0.2) is 0 Å². The lowest BCUT2D eigenvalue weighted by Crippen LogP contribution is -1.93. The molecule has 2 aromatic heterocycles. The first-order chi connectivity index (χ1) is 10.9. The molecule has 2 heterocycles. The fourth-order valence-electron chi connectivity index (χ4n) is 2.16. The number of rotatable bonds is 3. The Morgan fingerprint density at radius 3 is 2.91 bits per heavy atom. The van der Waals surface area contributed by atoms with Gasteiger partial charge in [0, 0.05) is 6.20 Å². The molecule has 0 aliphatic rings. The monoisotopic (exact) mass is 312 g/mol. The Bertz CT molecular complexity index is 966. The number of nitrogens with zero attached hydrogens (tertiary/aromatic N) is 3. The van der Waals surface area contributed by atoms with Crippen molar-refractivity contribution in [2.75, 3.05) is 0 Å². The van der Waals surface area contributed by atoms with Crippen LogP contribution in [0.2, 0.25) is 0 Å². The number of thiophene rings is 1. The van der Waals surface area contributed by atoms with Gasteiger partial charge in [0.1, 0.15) is 11.1 Å². The van der Waals surface area contributed by atoms with Gasteiger partial charge in [-0.2, -0.15) is 10.4 Å². The zero-order chi connectivity index (χ0) is 16.7. The van der Waals surface area contributed by atoms with Crippen molar-refractivity contribution in [1.82, 2.24) is 9.78 Å². The third-order valence-corrected chi connectivity index (χ3v) is 4.50. The molecule has 0 bridgehead atoms. The number of carboxylic acid groups (broad SMARTS) is 1. The Labute approximate surface area is 132 Å². The van der Waals surface area contributed by atoms with E-state index < -0.39 is 5.97 Å². The van der Waals surface area contributed by atoms with Gasteiger partial charge in [0.05, 0.1) is 23.4 Å². The highest BCUT2D eigenvalue weighted by atomic mass is 32.1. The number of hydrogen-bond donors (Lipinski definition) is 1. The van der Waals surface area contributed by atoms with Crippen LogP contribution in [-0.4, -0.2) is 20.9 Å². The summed E-state index contributed by atoms with van der Waals surface area (Å²) in [5, 5.41) is 23.6. The first-order valence-electron chi connectivity index (χ1n) is 7.18. The smallest absolute Gasteiger partial charge is 0.338 e. The Balaban J connectivity index is 2.25. The minimum Gasteiger partial charge on any atom is -0.478 e. The van der Waals surface area contributed by atoms with E-state index >= 15 is 0 Å². The summed E-state index contributed by atoms with van der Waals surface area (Å²) in [5.41, 5.74) is 1.59. The fourth-order valence-corrected chi connectivity index (χ4v) is 3.14. The molecule has 22 heavy (non-hydrogen) atoms. The van der Waals surface area contributed by atoms with Crippen LogP contribution in [0.25, 0.3) is 15.1 Å². The van der Waals surface area contributed by atoms with E-state index in [0.717, 1.165) is 10.3 Å². The van der Waals surface area contributed by atoms with E-state index in [9.17, 15) is 10.1 Å². The van der Waals surface area contributed by atoms with Gasteiger partial charge >= 0.3 is 5.97 Å². The quantitative estimate of drug-likeness (QED) is 0.798. The second-order valence-corrected chi connectivity index (χ2v) is 6.22. The van der Waals surface area contributed by atoms with E-state index in [-0.39, 0.29) is 17.5 Å². The maximum absolute atomic E-state index is 11.0. The molecule has 1 aromatic carbocycles. The van der Waals surface area contributed by atoms with Crippen LogP contribution in [0.4, 0.5) is 0 Å². The lowest BCUT2D eigenvalue weighted by Gasteiger charge is -2.05. The number of nitriles is 1. The number of hydrogen-bond acceptors (Lipinski definition) is 4. The number of fused-ring (bicyclic) bond motifs is 1. The van der Waals surface area contributed by atoms with Crippen LogP contribution in [0.5, 0.6) is 0 Å². The zero-order valence-corrected chi connectivity index (χ0v) is 12.8. The lowest BCUT2D eigenvalue weighted by molar-refractivity contribution is 0.0697. The topological polar surface area (TPSA) is 78.9 Å². The van der Waals surface area contributed by atoms with Crippen LogP contribution in [0.3, 0.4) is 0 Å². The molecule has 0 radical (unpaired) electrons. The molecule has 1 N–H and O–H groups in total. The van der Waals surface area contributed by atoms with E-state index in [1.165, 1.54) is 28.4 Å². The van der Waals surface area contributed by atoms with Crippen LogP contribution in [0.1, 0.15) is 42.6 Å². The molecule has 0 atom stereocenters. The van der Waals surface area contributed by atoms with E-state index in [0.29, 0.717) is 16.0 Å². The van der Waals surface area contributed by atoms with Crippen molar-refractivity contribution in [3.05, 3.63) is 47.3 Å². The average molecular weight is 312 g/mol. The second kappa shape index (κ2) is 5.28. The highest BCUT2D eigenvalue weighted by molar-refractivity contribution is 7.21. The number of aromatic nitrogens is 2. The Morgan fingerprint density at radius 1 is 1.55 bits per heavy atom. The molecule has 0 fully saturated rings. The summed E-state index contributed by atoms with van der Waals surface area (Å²) in [4.78, 5) is 11.0. The van der Waals surface area contributed by atoms with Crippen molar-refractivity contribution < 1.29 is 11.3 Å². The van der Waals surface area contributed by atoms with Gasteiger partial charge in [-0.05, 0) is 35.0 Å². The molecule has 0 aliphatic heterocycles. The molecule has 0 unspecified atom stereocenters. The molecular formula is C16H13N3O2S. The number of benzene rings is 1. The normalized spacial score (nSPS) is 11.6. The van der Waals surface area contributed by atoms with E-state index in [1.807, 2.05) is 26.0 Å². The Kier molecular flexibility index (Phi) is 3.13. The molecule has 0 saturated carbocycles. The Hall–Kier alpha value is -2.65. The van der Waals surface area contributed by atoms with Crippen molar-refractivity contribution >= 4 is 27.4 Å². The molecule has 110 valence electrons. The number of aromatic carboxylic acids is 1. The summed E-state index contributed by atoms with van der Waals surface area (Å²) in [6.45, 7) is 4.07. The molecule has 3 rings (SSSR count). The molecule has 0 saturated heterocycles. The van der Waals surface area contributed by atoms with Crippen molar-refractivity contribution in [1.29, 1.82) is 5.26 Å². The average Bonchev–Trinajstić information content (AvgIpc) is 3.11. The van der Waals surface area contributed by atoms with E-state index in [1.54, 1.807) is 0 Å². The van der Waals surface area contributed by atoms with Crippen LogP contribution < -0.4 is 0 Å². The summed E-state index contributed by atoms with van der Waals surface area (Å²) in [6.07, 6.45) is 2.62. The highest BCUT2D eigenvalue weighted by Crippen LogP contribution is 2.33. The molecule has 0 spiro atoms. The van der Waals surface area contributed by atoms with Crippen LogP contribution in [-0.2, 0) is 0 Å². The first kappa shape index (κ1) is 13.0. The molecular weight excluding hydrogens is 298 g/mol. The third-order valence-electron chi connectivity index (χ3n) is 3.38. The second-order valence-electron chi connectivity index (χ2n) is 5.22. The van der Waals surface area contributed by atoms with Crippen molar-refractivity contribution in [3.63, 3.8) is 0 Å². The van der Waals surface area contributed by atoms with Crippen molar-refractivity contribution in [2.45, 2.75) is 19.8 Å². The Morgan fingerprint density at radius 2 is 2.32 bits per heavy atom. The van der Waals surface area contributed by atoms with E-state index in [4.69, 9.17) is 6.48 Å². The summed E-state index contributed by atoms with van der Waals surface area (Å²) in [6, 6.07) is 6.20. The minimum atomic E-state index is -1.07. The lowest BCUT2D eigenvalue weighted by atomic mass is 9.99. The highest BCUT2D eigenvalue weighted by Gasteiger charge is 2.13. The maximum Gasteiger partial charge on any atom is 0.338 e. The van der Waals surface area contributed by atoms with Gasteiger partial charge in [0.25, 0.3) is 0 Å². The van der Waals surface area contributed by atoms with Gasteiger partial charge in [-0.3, -0.25) is 0 Å². The molecule has 5 nitrogen and oxygen atoms in total. The fraction of sp³-hybridized carbons (Fsp3) is 0.188. The van der Waals surface area contributed by atoms with Gasteiger partial charge in [-0.15, -0.1) is 11.3 Å². The predicted molar refractivity (Wildman–Crippen MR) is 84.7 cm³/mol. The minimum absolute atomic E-state index is 0.0604. The summed E-state index contributed by atoms with van der Waals surface area (Å²) in [5.74, 6) is -0.818. The number of carbonyl (C=O) groups is 1.